The van der Waals surface area contributed by atoms with Crippen molar-refractivity contribution >= 4 is 11.6 Å². The smallest absolute Gasteiger partial charge is 0.274 e. The van der Waals surface area contributed by atoms with Gasteiger partial charge >= 0.3 is 0 Å². The van der Waals surface area contributed by atoms with Crippen LogP contribution in [0, 0.1) is 0 Å². The zero-order valence-corrected chi connectivity index (χ0v) is 14.3. The van der Waals surface area contributed by atoms with Gasteiger partial charge in [0.1, 0.15) is 23.5 Å². The van der Waals surface area contributed by atoms with Crippen molar-refractivity contribution in [3.8, 4) is 11.5 Å². The number of methoxy groups -OCH3 is 2. The largest absolute Gasteiger partial charge is 0.497 e. The van der Waals surface area contributed by atoms with E-state index >= 15 is 0 Å². The van der Waals surface area contributed by atoms with Crippen molar-refractivity contribution in [3.63, 3.8) is 0 Å². The van der Waals surface area contributed by atoms with Crippen molar-refractivity contribution in [2.75, 3.05) is 32.8 Å². The first kappa shape index (κ1) is 17.2. The zero-order valence-electron chi connectivity index (χ0n) is 14.3. The highest BCUT2D eigenvalue weighted by molar-refractivity contribution is 6.03. The third-order valence-corrected chi connectivity index (χ3v) is 4.17. The summed E-state index contributed by atoms with van der Waals surface area (Å²) in [5.74, 6) is 1.20. The lowest BCUT2D eigenvalue weighted by molar-refractivity contribution is 0.0844. The second kappa shape index (κ2) is 7.94. The maximum Gasteiger partial charge on any atom is 0.274 e. The van der Waals surface area contributed by atoms with Crippen LogP contribution in [0.15, 0.2) is 30.6 Å². The molecule has 2 heterocycles. The van der Waals surface area contributed by atoms with Crippen molar-refractivity contribution in [1.82, 2.24) is 9.97 Å². The highest BCUT2D eigenvalue weighted by atomic mass is 16.5. The van der Waals surface area contributed by atoms with E-state index in [1.165, 1.54) is 6.33 Å². The van der Waals surface area contributed by atoms with Crippen LogP contribution < -0.4 is 14.8 Å². The van der Waals surface area contributed by atoms with E-state index in [1.54, 1.807) is 38.5 Å². The van der Waals surface area contributed by atoms with Crippen LogP contribution in [0.4, 0.5) is 5.69 Å². The Bertz CT molecular complexity index is 723. The average molecular weight is 343 g/mol. The van der Waals surface area contributed by atoms with E-state index in [2.05, 4.69) is 15.3 Å². The Kier molecular flexibility index (Phi) is 5.45. The van der Waals surface area contributed by atoms with E-state index in [4.69, 9.17) is 14.2 Å². The van der Waals surface area contributed by atoms with Gasteiger partial charge in [-0.2, -0.15) is 0 Å². The van der Waals surface area contributed by atoms with E-state index in [-0.39, 0.29) is 5.91 Å². The molecule has 0 saturated carbocycles. The molecule has 1 aromatic carbocycles. The lowest BCUT2D eigenvalue weighted by Crippen LogP contribution is -2.18. The van der Waals surface area contributed by atoms with Crippen LogP contribution in [0.2, 0.25) is 0 Å². The van der Waals surface area contributed by atoms with Gasteiger partial charge in [-0.15, -0.1) is 0 Å². The van der Waals surface area contributed by atoms with Crippen LogP contribution in [-0.2, 0) is 4.74 Å². The number of hydrogen-bond acceptors (Lipinski definition) is 6. The van der Waals surface area contributed by atoms with Crippen LogP contribution >= 0.6 is 0 Å². The number of aromatic nitrogens is 2. The summed E-state index contributed by atoms with van der Waals surface area (Å²) in [6.45, 7) is 1.44. The van der Waals surface area contributed by atoms with Crippen molar-refractivity contribution in [3.05, 3.63) is 42.0 Å². The van der Waals surface area contributed by atoms with Gasteiger partial charge in [-0.25, -0.2) is 9.97 Å². The molecule has 0 unspecified atom stereocenters. The van der Waals surface area contributed by atoms with E-state index in [1.807, 2.05) is 0 Å². The summed E-state index contributed by atoms with van der Waals surface area (Å²) in [4.78, 5) is 21.0. The predicted molar refractivity (Wildman–Crippen MR) is 92.3 cm³/mol. The molecule has 1 fully saturated rings. The Morgan fingerprint density at radius 1 is 1.08 bits per heavy atom. The minimum Gasteiger partial charge on any atom is -0.497 e. The van der Waals surface area contributed by atoms with Gasteiger partial charge in [0, 0.05) is 48.7 Å². The Morgan fingerprint density at radius 2 is 1.76 bits per heavy atom. The van der Waals surface area contributed by atoms with Gasteiger partial charge in [0.25, 0.3) is 5.91 Å². The zero-order chi connectivity index (χ0) is 17.6. The minimum atomic E-state index is -0.300. The number of rotatable bonds is 5. The number of ether oxygens (including phenoxy) is 3. The lowest BCUT2D eigenvalue weighted by Gasteiger charge is -2.21. The molecule has 1 amide bonds. The van der Waals surface area contributed by atoms with E-state index < -0.39 is 0 Å². The summed E-state index contributed by atoms with van der Waals surface area (Å²) in [6.07, 6.45) is 3.25. The van der Waals surface area contributed by atoms with Gasteiger partial charge in [-0.1, -0.05) is 0 Å². The Balaban J connectivity index is 1.77. The summed E-state index contributed by atoms with van der Waals surface area (Å²) in [7, 11) is 3.12. The second-order valence-electron chi connectivity index (χ2n) is 5.77. The molecule has 1 aliphatic rings. The predicted octanol–water partition coefficient (Wildman–Crippen LogP) is 2.64. The molecule has 2 aromatic rings. The molecule has 1 aliphatic heterocycles. The number of nitrogens with zero attached hydrogens (tertiary/aromatic N) is 2. The average Bonchev–Trinajstić information content (AvgIpc) is 2.68. The van der Waals surface area contributed by atoms with Crippen LogP contribution in [0.5, 0.6) is 11.5 Å². The Hall–Kier alpha value is -2.67. The summed E-state index contributed by atoms with van der Waals surface area (Å²) in [5, 5.41) is 2.82. The van der Waals surface area contributed by atoms with E-state index in [0.717, 1.165) is 31.7 Å². The van der Waals surface area contributed by atoms with Crippen molar-refractivity contribution in [2.24, 2.45) is 0 Å². The number of amides is 1. The molecule has 0 bridgehead atoms. The van der Waals surface area contributed by atoms with Crippen molar-refractivity contribution in [1.29, 1.82) is 0 Å². The number of nitrogens with one attached hydrogen (secondary N) is 1. The maximum atomic E-state index is 12.5. The van der Waals surface area contributed by atoms with Gasteiger partial charge in [0.05, 0.1) is 14.2 Å². The van der Waals surface area contributed by atoms with Crippen molar-refractivity contribution in [2.45, 2.75) is 18.8 Å². The van der Waals surface area contributed by atoms with E-state index in [9.17, 15) is 4.79 Å². The lowest BCUT2D eigenvalue weighted by atomic mass is 9.96. The molecule has 1 aromatic heterocycles. The topological polar surface area (TPSA) is 82.6 Å². The van der Waals surface area contributed by atoms with Crippen LogP contribution in [0.25, 0.3) is 0 Å². The fourth-order valence-corrected chi connectivity index (χ4v) is 2.79. The van der Waals surface area contributed by atoms with Crippen LogP contribution in [0.3, 0.4) is 0 Å². The first-order valence-electron chi connectivity index (χ1n) is 8.13. The fraction of sp³-hybridized carbons (Fsp3) is 0.389. The number of hydrogen-bond donors (Lipinski definition) is 1. The molecule has 0 aliphatic carbocycles. The van der Waals surface area contributed by atoms with Gasteiger partial charge in [0.15, 0.2) is 0 Å². The number of benzene rings is 1. The molecular formula is C18H21N3O4. The monoisotopic (exact) mass is 343 g/mol. The molecule has 7 heteroatoms. The normalized spacial score (nSPS) is 14.8. The Labute approximate surface area is 146 Å². The molecule has 3 rings (SSSR count). The fourth-order valence-electron chi connectivity index (χ4n) is 2.79. The maximum absolute atomic E-state index is 12.5. The standard InChI is InChI=1S/C18H21N3O4/c1-23-14-7-13(8-15(9-14)24-2)21-18(22)17-10-16(19-11-20-17)12-3-5-25-6-4-12/h7-12H,3-6H2,1-2H3,(H,21,22). The third-order valence-electron chi connectivity index (χ3n) is 4.17. The summed E-state index contributed by atoms with van der Waals surface area (Å²) in [5.41, 5.74) is 1.79. The van der Waals surface area contributed by atoms with Gasteiger partial charge in [-0.05, 0) is 18.9 Å². The first-order valence-corrected chi connectivity index (χ1v) is 8.13. The molecule has 132 valence electrons. The molecule has 0 atom stereocenters. The molecule has 0 radical (unpaired) electrons. The summed E-state index contributed by atoms with van der Waals surface area (Å²) in [6, 6.07) is 6.94. The molecule has 1 saturated heterocycles. The highest BCUT2D eigenvalue weighted by Gasteiger charge is 2.19. The third kappa shape index (κ3) is 4.24. The molecule has 7 nitrogen and oxygen atoms in total. The molecular weight excluding hydrogens is 322 g/mol. The summed E-state index contributed by atoms with van der Waals surface area (Å²) < 4.78 is 15.8. The van der Waals surface area contributed by atoms with Gasteiger partial charge < -0.3 is 19.5 Å². The van der Waals surface area contributed by atoms with Gasteiger partial charge in [-0.3, -0.25) is 4.79 Å². The van der Waals surface area contributed by atoms with Gasteiger partial charge in [0.2, 0.25) is 0 Å². The van der Waals surface area contributed by atoms with E-state index in [0.29, 0.717) is 28.8 Å². The second-order valence-corrected chi connectivity index (χ2v) is 5.77. The number of anilines is 1. The highest BCUT2D eigenvalue weighted by Crippen LogP contribution is 2.27. The van der Waals surface area contributed by atoms with Crippen molar-refractivity contribution < 1.29 is 19.0 Å². The number of carbonyl (C=O) groups is 1. The SMILES string of the molecule is COc1cc(NC(=O)c2cc(C3CCOCC3)ncn2)cc(OC)c1. The molecule has 25 heavy (non-hydrogen) atoms. The van der Waals surface area contributed by atoms with Crippen LogP contribution in [-0.4, -0.2) is 43.3 Å². The molecule has 0 spiro atoms. The minimum absolute atomic E-state index is 0.300. The molecule has 1 N–H and O–H groups in total. The Morgan fingerprint density at radius 3 is 2.40 bits per heavy atom. The quantitative estimate of drug-likeness (QED) is 0.899. The number of carbonyl (C=O) groups excluding carboxylic acids is 1. The van der Waals surface area contributed by atoms with Crippen LogP contribution in [0.1, 0.15) is 34.9 Å². The first-order chi connectivity index (χ1) is 12.2. The summed E-state index contributed by atoms with van der Waals surface area (Å²) >= 11 is 0.